The standard InChI is InChI=1S/C21H17N5/c22-14-21(9-4-10-21)17-8-7-16-12-24-26(19(16)11-17)20-13-25(15-23-20)18-5-2-1-3-6-18/h1-3,5-8,11-13,15H,4,9-10H2. The molecule has 1 saturated carbocycles. The summed E-state index contributed by atoms with van der Waals surface area (Å²) in [6.45, 7) is 0. The molecule has 1 aliphatic carbocycles. The van der Waals surface area contributed by atoms with Crippen LogP contribution >= 0.6 is 0 Å². The Bertz CT molecular complexity index is 1130. The lowest BCUT2D eigenvalue weighted by atomic mass is 9.65. The van der Waals surface area contributed by atoms with Crippen molar-refractivity contribution in [2.24, 2.45) is 0 Å². The monoisotopic (exact) mass is 339 g/mol. The van der Waals surface area contributed by atoms with Gasteiger partial charge in [-0.05, 0) is 43.0 Å². The van der Waals surface area contributed by atoms with Crippen LogP contribution in [-0.4, -0.2) is 19.3 Å². The highest BCUT2D eigenvalue weighted by Gasteiger charge is 2.39. The molecular weight excluding hydrogens is 322 g/mol. The van der Waals surface area contributed by atoms with Crippen molar-refractivity contribution in [3.63, 3.8) is 0 Å². The Hall–Kier alpha value is -3.39. The van der Waals surface area contributed by atoms with Crippen molar-refractivity contribution in [2.45, 2.75) is 24.7 Å². The minimum atomic E-state index is -0.327. The smallest absolute Gasteiger partial charge is 0.172 e. The van der Waals surface area contributed by atoms with Gasteiger partial charge in [0.1, 0.15) is 6.33 Å². The number of hydrogen-bond donors (Lipinski definition) is 0. The molecule has 5 heteroatoms. The molecule has 0 radical (unpaired) electrons. The number of benzene rings is 2. The Morgan fingerprint density at radius 3 is 2.65 bits per heavy atom. The Balaban J connectivity index is 1.60. The third kappa shape index (κ3) is 2.16. The van der Waals surface area contributed by atoms with Crippen LogP contribution in [0.25, 0.3) is 22.4 Å². The Kier molecular flexibility index (Phi) is 3.19. The summed E-state index contributed by atoms with van der Waals surface area (Å²) in [5.41, 5.74) is 2.80. The summed E-state index contributed by atoms with van der Waals surface area (Å²) in [4.78, 5) is 4.53. The third-order valence-electron chi connectivity index (χ3n) is 5.38. The summed E-state index contributed by atoms with van der Waals surface area (Å²) in [5, 5.41) is 15.2. The number of rotatable bonds is 3. The Labute approximate surface area is 151 Å². The first-order valence-electron chi connectivity index (χ1n) is 8.78. The van der Waals surface area contributed by atoms with Crippen molar-refractivity contribution < 1.29 is 0 Å². The average Bonchev–Trinajstić information content (AvgIpc) is 3.28. The SMILES string of the molecule is N#CC1(c2ccc3cnn(-c4cn(-c5ccccc5)cn4)c3c2)CCC1. The molecule has 4 aromatic rings. The maximum absolute atomic E-state index is 9.64. The van der Waals surface area contributed by atoms with E-state index >= 15 is 0 Å². The van der Waals surface area contributed by atoms with Gasteiger partial charge in [0, 0.05) is 11.1 Å². The van der Waals surface area contributed by atoms with Crippen molar-refractivity contribution in [3.05, 3.63) is 72.8 Å². The van der Waals surface area contributed by atoms with E-state index in [-0.39, 0.29) is 5.41 Å². The fraction of sp³-hybridized carbons (Fsp3) is 0.190. The molecule has 1 aliphatic rings. The number of aromatic nitrogens is 4. The molecule has 0 unspecified atom stereocenters. The molecule has 2 aromatic heterocycles. The van der Waals surface area contributed by atoms with E-state index in [0.717, 1.165) is 47.2 Å². The number of fused-ring (bicyclic) bond motifs is 1. The van der Waals surface area contributed by atoms with Gasteiger partial charge in [-0.15, -0.1) is 0 Å². The van der Waals surface area contributed by atoms with Gasteiger partial charge in [-0.2, -0.15) is 10.4 Å². The second-order valence-electron chi connectivity index (χ2n) is 6.85. The van der Waals surface area contributed by atoms with Gasteiger partial charge in [0.25, 0.3) is 0 Å². The molecule has 26 heavy (non-hydrogen) atoms. The van der Waals surface area contributed by atoms with Crippen LogP contribution in [-0.2, 0) is 5.41 Å². The number of nitrogens with zero attached hydrogens (tertiary/aromatic N) is 5. The highest BCUT2D eigenvalue weighted by atomic mass is 15.3. The van der Waals surface area contributed by atoms with Crippen LogP contribution in [0.2, 0.25) is 0 Å². The van der Waals surface area contributed by atoms with E-state index in [1.807, 2.05) is 52.0 Å². The van der Waals surface area contributed by atoms with Gasteiger partial charge >= 0.3 is 0 Å². The first-order chi connectivity index (χ1) is 12.8. The number of imidazole rings is 1. The Morgan fingerprint density at radius 1 is 1.08 bits per heavy atom. The lowest BCUT2D eigenvalue weighted by molar-refractivity contribution is 0.324. The van der Waals surface area contributed by atoms with Crippen LogP contribution in [0.3, 0.4) is 0 Å². The molecule has 0 atom stereocenters. The number of para-hydroxylation sites is 1. The lowest BCUT2D eigenvalue weighted by Gasteiger charge is -2.35. The van der Waals surface area contributed by atoms with Gasteiger partial charge in [-0.3, -0.25) is 0 Å². The zero-order valence-corrected chi connectivity index (χ0v) is 14.2. The predicted octanol–water partition coefficient (Wildman–Crippen LogP) is 4.16. The second-order valence-corrected chi connectivity index (χ2v) is 6.85. The highest BCUT2D eigenvalue weighted by molar-refractivity contribution is 5.81. The van der Waals surface area contributed by atoms with E-state index in [9.17, 15) is 5.26 Å². The van der Waals surface area contributed by atoms with Gasteiger partial charge in [0.2, 0.25) is 0 Å². The fourth-order valence-electron chi connectivity index (χ4n) is 3.66. The lowest BCUT2D eigenvalue weighted by Crippen LogP contribution is -2.32. The zero-order chi connectivity index (χ0) is 17.6. The van der Waals surface area contributed by atoms with Crippen LogP contribution < -0.4 is 0 Å². The molecule has 0 spiro atoms. The highest BCUT2D eigenvalue weighted by Crippen LogP contribution is 2.43. The molecule has 2 heterocycles. The molecule has 0 N–H and O–H groups in total. The summed E-state index contributed by atoms with van der Waals surface area (Å²) >= 11 is 0. The van der Waals surface area contributed by atoms with Gasteiger partial charge < -0.3 is 4.57 Å². The average molecular weight is 339 g/mol. The summed E-state index contributed by atoms with van der Waals surface area (Å²) in [6, 6.07) is 18.8. The largest absolute Gasteiger partial charge is 0.304 e. The maximum atomic E-state index is 9.64. The molecule has 126 valence electrons. The van der Waals surface area contributed by atoms with Crippen molar-refractivity contribution in [1.82, 2.24) is 19.3 Å². The number of nitriles is 1. The van der Waals surface area contributed by atoms with E-state index in [1.54, 1.807) is 6.33 Å². The molecule has 0 aliphatic heterocycles. The van der Waals surface area contributed by atoms with Crippen LogP contribution in [0, 0.1) is 11.3 Å². The summed E-state index contributed by atoms with van der Waals surface area (Å²) in [7, 11) is 0. The van der Waals surface area contributed by atoms with E-state index in [1.165, 1.54) is 0 Å². The summed E-state index contributed by atoms with van der Waals surface area (Å²) < 4.78 is 3.83. The van der Waals surface area contributed by atoms with Gasteiger partial charge in [0.05, 0.1) is 29.4 Å². The van der Waals surface area contributed by atoms with Crippen LogP contribution in [0.15, 0.2) is 67.3 Å². The van der Waals surface area contributed by atoms with Gasteiger partial charge in [-0.1, -0.05) is 30.3 Å². The first kappa shape index (κ1) is 14.9. The topological polar surface area (TPSA) is 59.4 Å². The van der Waals surface area contributed by atoms with Crippen molar-refractivity contribution in [1.29, 1.82) is 5.26 Å². The zero-order valence-electron chi connectivity index (χ0n) is 14.2. The Morgan fingerprint density at radius 2 is 1.92 bits per heavy atom. The van der Waals surface area contributed by atoms with Crippen LogP contribution in [0.1, 0.15) is 24.8 Å². The van der Waals surface area contributed by atoms with E-state index in [0.29, 0.717) is 0 Å². The van der Waals surface area contributed by atoms with Crippen molar-refractivity contribution in [3.8, 4) is 17.6 Å². The maximum Gasteiger partial charge on any atom is 0.172 e. The van der Waals surface area contributed by atoms with E-state index in [2.05, 4.69) is 34.4 Å². The van der Waals surface area contributed by atoms with Crippen molar-refractivity contribution >= 4 is 10.9 Å². The normalized spacial score (nSPS) is 15.5. The van der Waals surface area contributed by atoms with E-state index in [4.69, 9.17) is 0 Å². The van der Waals surface area contributed by atoms with Gasteiger partial charge in [0.15, 0.2) is 5.82 Å². The molecular formula is C21H17N5. The summed E-state index contributed by atoms with van der Waals surface area (Å²) in [6.07, 6.45) is 8.60. The molecule has 0 saturated heterocycles. The molecule has 5 nitrogen and oxygen atoms in total. The van der Waals surface area contributed by atoms with Crippen molar-refractivity contribution in [2.75, 3.05) is 0 Å². The molecule has 2 aromatic carbocycles. The van der Waals surface area contributed by atoms with Crippen LogP contribution in [0.4, 0.5) is 0 Å². The molecule has 5 rings (SSSR count). The second kappa shape index (κ2) is 5.57. The number of hydrogen-bond acceptors (Lipinski definition) is 3. The fourth-order valence-corrected chi connectivity index (χ4v) is 3.66. The first-order valence-corrected chi connectivity index (χ1v) is 8.78. The van der Waals surface area contributed by atoms with Gasteiger partial charge in [-0.25, -0.2) is 9.67 Å². The molecule has 1 fully saturated rings. The van der Waals surface area contributed by atoms with E-state index < -0.39 is 0 Å². The summed E-state index contributed by atoms with van der Waals surface area (Å²) in [5.74, 6) is 0.764. The van der Waals surface area contributed by atoms with Crippen LogP contribution in [0.5, 0.6) is 0 Å². The molecule has 0 bridgehead atoms. The third-order valence-corrected chi connectivity index (χ3v) is 5.38. The predicted molar refractivity (Wildman–Crippen MR) is 99.3 cm³/mol. The quantitative estimate of drug-likeness (QED) is 0.563. The minimum absolute atomic E-state index is 0.327. The minimum Gasteiger partial charge on any atom is -0.304 e. The molecule has 0 amide bonds.